The van der Waals surface area contributed by atoms with E-state index in [2.05, 4.69) is 10.9 Å². The number of amides is 2. The smallest absolute Gasteiger partial charge is 0.279 e. The van der Waals surface area contributed by atoms with Crippen molar-refractivity contribution in [1.82, 2.24) is 10.9 Å². The summed E-state index contributed by atoms with van der Waals surface area (Å²) >= 11 is 0. The lowest BCUT2D eigenvalue weighted by atomic mass is 10.1. The molecule has 6 heteroatoms. The number of ether oxygens (including phenoxy) is 2. The van der Waals surface area contributed by atoms with Crippen molar-refractivity contribution in [3.8, 4) is 11.5 Å². The van der Waals surface area contributed by atoms with Gasteiger partial charge in [0.1, 0.15) is 11.5 Å². The summed E-state index contributed by atoms with van der Waals surface area (Å²) in [7, 11) is 0. The number of aryl methyl sites for hydroxylation is 2. The van der Waals surface area contributed by atoms with Gasteiger partial charge in [0.25, 0.3) is 11.8 Å². The van der Waals surface area contributed by atoms with Crippen molar-refractivity contribution in [3.63, 3.8) is 0 Å². The van der Waals surface area contributed by atoms with Crippen molar-refractivity contribution in [2.75, 3.05) is 0 Å². The van der Waals surface area contributed by atoms with Crippen LogP contribution in [0.15, 0.2) is 60.7 Å². The van der Waals surface area contributed by atoms with Crippen LogP contribution < -0.4 is 20.3 Å². The van der Waals surface area contributed by atoms with Crippen LogP contribution in [0.5, 0.6) is 11.5 Å². The van der Waals surface area contributed by atoms with Gasteiger partial charge in [-0.2, -0.15) is 0 Å². The summed E-state index contributed by atoms with van der Waals surface area (Å²) in [6.45, 7) is 7.08. The number of hydrogen-bond acceptors (Lipinski definition) is 4. The average molecular weight is 406 g/mol. The minimum absolute atomic E-state index is 0.455. The third-order valence-electron chi connectivity index (χ3n) is 4.78. The fraction of sp³-hybridized carbons (Fsp3) is 0.250. The van der Waals surface area contributed by atoms with E-state index < -0.39 is 24.0 Å². The van der Waals surface area contributed by atoms with E-state index >= 15 is 0 Å². The molecule has 0 unspecified atom stereocenters. The molecule has 0 fully saturated rings. The standard InChI is InChI=1S/C24H26N2O4/c1-15-8-7-9-16(2)22(15)30-18(4)24(28)26-25-23(27)17(3)29-21-13-12-19-10-5-6-11-20(19)14-21/h5-14,17-18H,1-4H3,(H,25,27)(H,26,28)/t17-,18+/m0/s1. The van der Waals surface area contributed by atoms with Gasteiger partial charge >= 0.3 is 0 Å². The van der Waals surface area contributed by atoms with E-state index in [0.717, 1.165) is 21.9 Å². The predicted octanol–water partition coefficient (Wildman–Crippen LogP) is 3.84. The summed E-state index contributed by atoms with van der Waals surface area (Å²) in [4.78, 5) is 24.6. The minimum Gasteiger partial charge on any atom is -0.481 e. The van der Waals surface area contributed by atoms with Crippen LogP contribution in [0.25, 0.3) is 10.8 Å². The zero-order valence-corrected chi connectivity index (χ0v) is 17.6. The maximum Gasteiger partial charge on any atom is 0.279 e. The Hall–Kier alpha value is -3.54. The Labute approximate surface area is 176 Å². The summed E-state index contributed by atoms with van der Waals surface area (Å²) in [5.74, 6) is 0.327. The zero-order valence-electron chi connectivity index (χ0n) is 17.6. The third-order valence-corrected chi connectivity index (χ3v) is 4.78. The van der Waals surface area contributed by atoms with Crippen molar-refractivity contribution in [2.24, 2.45) is 0 Å². The highest BCUT2D eigenvalue weighted by Crippen LogP contribution is 2.23. The molecule has 156 valence electrons. The molecule has 0 aliphatic heterocycles. The van der Waals surface area contributed by atoms with Crippen LogP contribution in [-0.2, 0) is 9.59 Å². The molecule has 0 spiro atoms. The second kappa shape index (κ2) is 9.31. The molecule has 0 bridgehead atoms. The van der Waals surface area contributed by atoms with Crippen LogP contribution in [0, 0.1) is 13.8 Å². The molecule has 0 radical (unpaired) electrons. The van der Waals surface area contributed by atoms with Crippen LogP contribution in [0.4, 0.5) is 0 Å². The summed E-state index contributed by atoms with van der Waals surface area (Å²) in [5, 5.41) is 2.11. The Balaban J connectivity index is 1.52. The van der Waals surface area contributed by atoms with Crippen molar-refractivity contribution in [1.29, 1.82) is 0 Å². The van der Waals surface area contributed by atoms with Crippen LogP contribution in [0.3, 0.4) is 0 Å². The number of carbonyl (C=O) groups is 2. The molecule has 0 saturated heterocycles. The summed E-state index contributed by atoms with van der Waals surface area (Å²) in [6.07, 6.45) is -1.57. The summed E-state index contributed by atoms with van der Waals surface area (Å²) in [5.41, 5.74) is 6.67. The molecule has 0 saturated carbocycles. The molecule has 3 aromatic rings. The Bertz CT molecular complexity index is 1040. The number of para-hydroxylation sites is 1. The molecule has 0 heterocycles. The van der Waals surface area contributed by atoms with Gasteiger partial charge in [-0.1, -0.05) is 48.5 Å². The van der Waals surface area contributed by atoms with E-state index in [1.807, 2.05) is 74.5 Å². The molecule has 2 atom stereocenters. The first kappa shape index (κ1) is 21.2. The Morgan fingerprint density at radius 2 is 1.30 bits per heavy atom. The van der Waals surface area contributed by atoms with Gasteiger partial charge in [0.05, 0.1) is 0 Å². The lowest BCUT2D eigenvalue weighted by Crippen LogP contribution is -2.50. The number of benzene rings is 3. The second-order valence-electron chi connectivity index (χ2n) is 7.23. The first-order valence-corrected chi connectivity index (χ1v) is 9.83. The minimum atomic E-state index is -0.790. The number of fused-ring (bicyclic) bond motifs is 1. The van der Waals surface area contributed by atoms with E-state index in [0.29, 0.717) is 11.5 Å². The quantitative estimate of drug-likeness (QED) is 0.610. The van der Waals surface area contributed by atoms with E-state index in [4.69, 9.17) is 9.47 Å². The fourth-order valence-electron chi connectivity index (χ4n) is 3.04. The molecule has 3 rings (SSSR count). The number of rotatable bonds is 6. The monoisotopic (exact) mass is 406 g/mol. The first-order chi connectivity index (χ1) is 14.3. The summed E-state index contributed by atoms with van der Waals surface area (Å²) in [6, 6.07) is 19.3. The van der Waals surface area contributed by atoms with Crippen LogP contribution in [0.1, 0.15) is 25.0 Å². The molecule has 6 nitrogen and oxygen atoms in total. The predicted molar refractivity (Wildman–Crippen MR) is 116 cm³/mol. The lowest BCUT2D eigenvalue weighted by Gasteiger charge is -2.19. The molecule has 0 aromatic heterocycles. The van der Waals surface area contributed by atoms with Gasteiger partial charge in [-0.15, -0.1) is 0 Å². The van der Waals surface area contributed by atoms with Gasteiger partial charge in [0.15, 0.2) is 12.2 Å². The highest BCUT2D eigenvalue weighted by atomic mass is 16.5. The number of hydrogen-bond donors (Lipinski definition) is 2. The molecule has 2 N–H and O–H groups in total. The summed E-state index contributed by atoms with van der Waals surface area (Å²) < 4.78 is 11.5. The normalized spacial score (nSPS) is 12.7. The van der Waals surface area contributed by atoms with Crippen molar-refractivity contribution in [2.45, 2.75) is 39.9 Å². The van der Waals surface area contributed by atoms with Gasteiger partial charge in [-0.25, -0.2) is 0 Å². The van der Waals surface area contributed by atoms with Crippen LogP contribution in [-0.4, -0.2) is 24.0 Å². The fourth-order valence-corrected chi connectivity index (χ4v) is 3.04. The van der Waals surface area contributed by atoms with Crippen LogP contribution >= 0.6 is 0 Å². The van der Waals surface area contributed by atoms with Crippen molar-refractivity contribution in [3.05, 3.63) is 71.8 Å². The molecule has 2 amide bonds. The Morgan fingerprint density at radius 3 is 1.93 bits per heavy atom. The maximum atomic E-state index is 12.3. The van der Waals surface area contributed by atoms with Gasteiger partial charge in [0.2, 0.25) is 0 Å². The average Bonchev–Trinajstić information content (AvgIpc) is 2.74. The van der Waals surface area contributed by atoms with Gasteiger partial charge in [0, 0.05) is 0 Å². The molecular weight excluding hydrogens is 380 g/mol. The first-order valence-electron chi connectivity index (χ1n) is 9.83. The lowest BCUT2D eigenvalue weighted by molar-refractivity contribution is -0.135. The molecule has 0 aliphatic carbocycles. The number of hydrazine groups is 1. The highest BCUT2D eigenvalue weighted by molar-refractivity contribution is 5.87. The van der Waals surface area contributed by atoms with E-state index in [1.54, 1.807) is 13.8 Å². The van der Waals surface area contributed by atoms with E-state index in [-0.39, 0.29) is 0 Å². The zero-order chi connectivity index (χ0) is 21.7. The molecule has 0 aliphatic rings. The van der Waals surface area contributed by atoms with Gasteiger partial charge in [-0.05, 0) is 61.7 Å². The molecule has 3 aromatic carbocycles. The topological polar surface area (TPSA) is 76.7 Å². The van der Waals surface area contributed by atoms with E-state index in [9.17, 15) is 9.59 Å². The van der Waals surface area contributed by atoms with E-state index in [1.165, 1.54) is 0 Å². The highest BCUT2D eigenvalue weighted by Gasteiger charge is 2.20. The third kappa shape index (κ3) is 5.08. The van der Waals surface area contributed by atoms with Crippen molar-refractivity contribution < 1.29 is 19.1 Å². The largest absolute Gasteiger partial charge is 0.481 e. The van der Waals surface area contributed by atoms with Gasteiger partial charge in [-0.3, -0.25) is 20.4 Å². The van der Waals surface area contributed by atoms with Gasteiger partial charge < -0.3 is 9.47 Å². The molecular formula is C24H26N2O4. The Morgan fingerprint density at radius 1 is 0.733 bits per heavy atom. The van der Waals surface area contributed by atoms with Crippen molar-refractivity contribution >= 4 is 22.6 Å². The SMILES string of the molecule is Cc1cccc(C)c1O[C@H](C)C(=O)NNC(=O)[C@H](C)Oc1ccc2ccccc2c1. The Kier molecular flexibility index (Phi) is 6.57. The second-order valence-corrected chi connectivity index (χ2v) is 7.23. The number of carbonyl (C=O) groups excluding carboxylic acids is 2. The molecule has 30 heavy (non-hydrogen) atoms. The van der Waals surface area contributed by atoms with Crippen LogP contribution in [0.2, 0.25) is 0 Å². The maximum absolute atomic E-state index is 12.3. The number of nitrogens with one attached hydrogen (secondary N) is 2.